The highest BCUT2D eigenvalue weighted by atomic mass is 32.1. The van der Waals surface area contributed by atoms with E-state index in [9.17, 15) is 0 Å². The van der Waals surface area contributed by atoms with Crippen molar-refractivity contribution in [2.75, 3.05) is 0 Å². The molecule has 0 aliphatic carbocycles. The Hall–Kier alpha value is -2.17. The number of thiocarbonyl (C=S) groups is 1. The highest BCUT2D eigenvalue weighted by Crippen LogP contribution is 2.28. The Labute approximate surface area is 141 Å². The third-order valence-electron chi connectivity index (χ3n) is 4.07. The Kier molecular flexibility index (Phi) is 4.46. The van der Waals surface area contributed by atoms with Crippen LogP contribution >= 0.6 is 12.2 Å². The summed E-state index contributed by atoms with van der Waals surface area (Å²) in [6.07, 6.45) is 3.10. The van der Waals surface area contributed by atoms with E-state index in [1.54, 1.807) is 0 Å². The molecule has 0 bridgehead atoms. The molecule has 4 heteroatoms. The number of hydroxylamine groups is 1. The van der Waals surface area contributed by atoms with Gasteiger partial charge in [-0.05, 0) is 49.6 Å². The molecule has 2 N–H and O–H groups in total. The molecule has 0 spiro atoms. The van der Waals surface area contributed by atoms with Gasteiger partial charge in [-0.15, -0.1) is 0 Å². The molecule has 3 nitrogen and oxygen atoms in total. The molecule has 1 aromatic heterocycles. The molecular formula is C19H20N2OS. The highest BCUT2D eigenvalue weighted by molar-refractivity contribution is 7.80. The first-order valence-electron chi connectivity index (χ1n) is 7.72. The smallest absolute Gasteiger partial charge is 0.130 e. The Morgan fingerprint density at radius 1 is 1.17 bits per heavy atom. The molecule has 0 atom stereocenters. The van der Waals surface area contributed by atoms with Crippen LogP contribution in [0.2, 0.25) is 0 Å². The van der Waals surface area contributed by atoms with Crippen molar-refractivity contribution in [3.63, 3.8) is 0 Å². The largest absolute Gasteiger partial charge is 0.345 e. The maximum absolute atomic E-state index is 9.06. The van der Waals surface area contributed by atoms with Crippen LogP contribution in [0.1, 0.15) is 36.6 Å². The number of hydrogen-bond donors (Lipinski definition) is 2. The lowest BCUT2D eigenvalue weighted by Crippen LogP contribution is -2.17. The van der Waals surface area contributed by atoms with Gasteiger partial charge in [0.05, 0.1) is 0 Å². The van der Waals surface area contributed by atoms with E-state index in [0.29, 0.717) is 11.0 Å². The van der Waals surface area contributed by atoms with Gasteiger partial charge in [-0.1, -0.05) is 42.5 Å². The predicted molar refractivity (Wildman–Crippen MR) is 98.2 cm³/mol. The molecule has 0 aliphatic heterocycles. The Balaban J connectivity index is 2.13. The monoisotopic (exact) mass is 324 g/mol. The molecular weight excluding hydrogens is 304 g/mol. The van der Waals surface area contributed by atoms with Gasteiger partial charge in [0.25, 0.3) is 0 Å². The summed E-state index contributed by atoms with van der Waals surface area (Å²) < 4.78 is 2.28. The van der Waals surface area contributed by atoms with Gasteiger partial charge in [-0.25, -0.2) is 0 Å². The van der Waals surface area contributed by atoms with Crippen molar-refractivity contribution in [2.45, 2.75) is 26.3 Å². The fourth-order valence-electron chi connectivity index (χ4n) is 2.92. The van der Waals surface area contributed by atoms with Gasteiger partial charge in [-0.3, -0.25) is 10.7 Å². The van der Waals surface area contributed by atoms with E-state index in [0.717, 1.165) is 12.0 Å². The number of nitrogens with zero attached hydrogens (tertiary/aromatic N) is 1. The maximum atomic E-state index is 9.06. The zero-order valence-corrected chi connectivity index (χ0v) is 14.1. The van der Waals surface area contributed by atoms with E-state index in [1.165, 1.54) is 22.0 Å². The summed E-state index contributed by atoms with van der Waals surface area (Å²) >= 11 is 5.15. The molecule has 0 saturated carbocycles. The Morgan fingerprint density at radius 3 is 2.57 bits per heavy atom. The van der Waals surface area contributed by atoms with E-state index >= 15 is 0 Å². The summed E-state index contributed by atoms with van der Waals surface area (Å²) in [5.41, 5.74) is 6.63. The molecule has 1 heterocycles. The van der Waals surface area contributed by atoms with Crippen LogP contribution in [0.4, 0.5) is 0 Å². The fraction of sp³-hybridized carbons (Fsp3) is 0.211. The average Bonchev–Trinajstić information content (AvgIpc) is 2.93. The summed E-state index contributed by atoms with van der Waals surface area (Å²) in [7, 11) is 0. The number of nitrogens with one attached hydrogen (secondary N) is 1. The number of fused-ring (bicyclic) bond motifs is 1. The van der Waals surface area contributed by atoms with E-state index < -0.39 is 0 Å². The summed E-state index contributed by atoms with van der Waals surface area (Å²) in [5.74, 6) is 0. The maximum Gasteiger partial charge on any atom is 0.130 e. The van der Waals surface area contributed by atoms with Crippen molar-refractivity contribution < 1.29 is 5.21 Å². The first-order chi connectivity index (χ1) is 11.1. The van der Waals surface area contributed by atoms with Crippen molar-refractivity contribution in [1.82, 2.24) is 10.0 Å². The molecule has 0 unspecified atom stereocenters. The first kappa shape index (κ1) is 15.7. The molecule has 2 aromatic carbocycles. The van der Waals surface area contributed by atoms with Gasteiger partial charge in [0.1, 0.15) is 4.99 Å². The predicted octanol–water partition coefficient (Wildman–Crippen LogP) is 4.47. The number of benzene rings is 2. The van der Waals surface area contributed by atoms with Gasteiger partial charge in [0.15, 0.2) is 0 Å². The highest BCUT2D eigenvalue weighted by Gasteiger charge is 2.13. The summed E-state index contributed by atoms with van der Waals surface area (Å²) in [6, 6.07) is 16.9. The minimum atomic E-state index is 0.342. The van der Waals surface area contributed by atoms with Crippen molar-refractivity contribution in [2.24, 2.45) is 0 Å². The second-order valence-electron chi connectivity index (χ2n) is 5.99. The van der Waals surface area contributed by atoms with Crippen LogP contribution in [0.3, 0.4) is 0 Å². The van der Waals surface area contributed by atoms with Gasteiger partial charge in [0.2, 0.25) is 0 Å². The zero-order chi connectivity index (χ0) is 16.4. The van der Waals surface area contributed by atoms with E-state index in [-0.39, 0.29) is 0 Å². The molecule has 118 valence electrons. The minimum Gasteiger partial charge on any atom is -0.345 e. The number of hydrogen-bond acceptors (Lipinski definition) is 2. The lowest BCUT2D eigenvalue weighted by Gasteiger charge is -2.09. The summed E-state index contributed by atoms with van der Waals surface area (Å²) in [6.45, 7) is 4.36. The molecule has 3 rings (SSSR count). The molecule has 0 radical (unpaired) electrons. The first-order valence-corrected chi connectivity index (χ1v) is 8.13. The standard InChI is InChI=1S/C19H20N2OS/c1-13(2)21-12-16(10-14-6-4-3-5-7-14)17-11-15(19(23)20-22)8-9-18(17)21/h3-9,11-13,22H,10H2,1-2H3,(H,20,23). The molecule has 0 amide bonds. The second-order valence-corrected chi connectivity index (χ2v) is 6.40. The third kappa shape index (κ3) is 3.14. The van der Waals surface area contributed by atoms with Crippen molar-refractivity contribution in [1.29, 1.82) is 0 Å². The van der Waals surface area contributed by atoms with Crippen molar-refractivity contribution in [3.8, 4) is 0 Å². The van der Waals surface area contributed by atoms with E-state index in [2.05, 4.69) is 66.5 Å². The van der Waals surface area contributed by atoms with E-state index in [1.807, 2.05) is 12.1 Å². The Bertz CT molecular complexity index is 837. The minimum absolute atomic E-state index is 0.342. The summed E-state index contributed by atoms with van der Waals surface area (Å²) in [5, 5.41) is 10.2. The Morgan fingerprint density at radius 2 is 1.91 bits per heavy atom. The second kappa shape index (κ2) is 6.52. The lowest BCUT2D eigenvalue weighted by atomic mass is 10.0. The van der Waals surface area contributed by atoms with Gasteiger partial charge >= 0.3 is 0 Å². The van der Waals surface area contributed by atoms with Crippen LogP contribution < -0.4 is 5.48 Å². The van der Waals surface area contributed by atoms with E-state index in [4.69, 9.17) is 17.4 Å². The molecule has 0 aliphatic rings. The van der Waals surface area contributed by atoms with Crippen LogP contribution in [0.25, 0.3) is 10.9 Å². The lowest BCUT2D eigenvalue weighted by molar-refractivity contribution is 0.238. The van der Waals surface area contributed by atoms with Crippen molar-refractivity contribution in [3.05, 3.63) is 71.4 Å². The number of aromatic nitrogens is 1. The average molecular weight is 324 g/mol. The molecule has 3 aromatic rings. The van der Waals surface area contributed by atoms with Crippen LogP contribution in [0.15, 0.2) is 54.7 Å². The van der Waals surface area contributed by atoms with Gasteiger partial charge in [-0.2, -0.15) is 0 Å². The van der Waals surface area contributed by atoms with Crippen LogP contribution in [-0.2, 0) is 6.42 Å². The third-order valence-corrected chi connectivity index (χ3v) is 4.40. The quantitative estimate of drug-likeness (QED) is 0.549. The topological polar surface area (TPSA) is 37.2 Å². The molecule has 23 heavy (non-hydrogen) atoms. The zero-order valence-electron chi connectivity index (χ0n) is 13.3. The van der Waals surface area contributed by atoms with Gasteiger partial charge < -0.3 is 4.57 Å². The molecule has 0 fully saturated rings. The summed E-state index contributed by atoms with van der Waals surface area (Å²) in [4.78, 5) is 0.342. The number of rotatable bonds is 4. The van der Waals surface area contributed by atoms with Crippen molar-refractivity contribution >= 4 is 28.1 Å². The normalized spacial score (nSPS) is 11.1. The van der Waals surface area contributed by atoms with Crippen LogP contribution in [0, 0.1) is 0 Å². The van der Waals surface area contributed by atoms with Crippen LogP contribution in [-0.4, -0.2) is 14.8 Å². The molecule has 0 saturated heterocycles. The van der Waals surface area contributed by atoms with Crippen LogP contribution in [0.5, 0.6) is 0 Å². The fourth-order valence-corrected chi connectivity index (χ4v) is 3.04. The van der Waals surface area contributed by atoms with Gasteiger partial charge in [0, 0.05) is 28.7 Å². The SMILES string of the molecule is CC(C)n1cc(Cc2ccccc2)c2cc(C(=S)NO)ccc21.